The predicted molar refractivity (Wildman–Crippen MR) is 124 cm³/mol. The fourth-order valence-corrected chi connectivity index (χ4v) is 4.48. The third-order valence-corrected chi connectivity index (χ3v) is 6.18. The maximum absolute atomic E-state index is 9.35. The van der Waals surface area contributed by atoms with Crippen LogP contribution >= 0.6 is 11.6 Å². The average Bonchev–Trinajstić information content (AvgIpc) is 3.33. The summed E-state index contributed by atoms with van der Waals surface area (Å²) in [5, 5.41) is 9.89. The zero-order valence-corrected chi connectivity index (χ0v) is 18.5. The molecule has 0 unspecified atom stereocenters. The molecular formula is C23H21ClN8. The minimum absolute atomic E-state index is 0.301. The van der Waals surface area contributed by atoms with Crippen molar-refractivity contribution in [2.45, 2.75) is 18.9 Å². The molecule has 0 radical (unpaired) electrons. The Kier molecular flexibility index (Phi) is 4.81. The van der Waals surface area contributed by atoms with Crippen LogP contribution in [0.2, 0.25) is 5.02 Å². The molecule has 9 heteroatoms. The van der Waals surface area contributed by atoms with Crippen LogP contribution in [0.5, 0.6) is 0 Å². The molecule has 2 N–H and O–H groups in total. The first-order valence-electron chi connectivity index (χ1n) is 10.2. The van der Waals surface area contributed by atoms with Crippen LogP contribution in [-0.2, 0) is 7.05 Å². The van der Waals surface area contributed by atoms with E-state index in [4.69, 9.17) is 22.3 Å². The van der Waals surface area contributed by atoms with Gasteiger partial charge in [0.2, 0.25) is 0 Å². The molecule has 32 heavy (non-hydrogen) atoms. The summed E-state index contributed by atoms with van der Waals surface area (Å²) in [7, 11) is 1.92. The van der Waals surface area contributed by atoms with Crippen molar-refractivity contribution in [3.63, 3.8) is 0 Å². The highest BCUT2D eigenvalue weighted by Crippen LogP contribution is 2.41. The summed E-state index contributed by atoms with van der Waals surface area (Å²) in [6.07, 6.45) is 7.80. The third-order valence-electron chi connectivity index (χ3n) is 5.87. The van der Waals surface area contributed by atoms with Gasteiger partial charge in [-0.2, -0.15) is 5.26 Å². The number of anilines is 1. The minimum Gasteiger partial charge on any atom is -0.368 e. The monoisotopic (exact) mass is 444 g/mol. The molecule has 1 aliphatic heterocycles. The molecule has 0 spiro atoms. The summed E-state index contributed by atoms with van der Waals surface area (Å²) in [6.45, 7) is 3.55. The Morgan fingerprint density at radius 3 is 2.69 bits per heavy atom. The number of nitrogens with two attached hydrogens (primary N) is 1. The molecule has 1 saturated heterocycles. The van der Waals surface area contributed by atoms with Gasteiger partial charge in [-0.1, -0.05) is 11.6 Å². The fourth-order valence-electron chi connectivity index (χ4n) is 4.30. The van der Waals surface area contributed by atoms with Crippen molar-refractivity contribution in [3.8, 4) is 28.6 Å². The number of rotatable bonds is 3. The van der Waals surface area contributed by atoms with Gasteiger partial charge in [0, 0.05) is 56.0 Å². The molecule has 1 fully saturated rings. The van der Waals surface area contributed by atoms with Crippen molar-refractivity contribution in [2.24, 2.45) is 12.8 Å². The highest BCUT2D eigenvalue weighted by Gasteiger charge is 2.33. The van der Waals surface area contributed by atoms with Gasteiger partial charge in [0.1, 0.15) is 23.1 Å². The molecule has 0 aliphatic carbocycles. The molecule has 0 saturated carbocycles. The predicted octanol–water partition coefficient (Wildman–Crippen LogP) is 3.54. The smallest absolute Gasteiger partial charge is 0.161 e. The van der Waals surface area contributed by atoms with Crippen molar-refractivity contribution < 1.29 is 0 Å². The SMILES string of the molecule is Cn1c(-c2cncc(-c3ccnc(C#N)c3)c2N2CC[C@](C)(N)C2)nc2c(Cl)ccnc21. The Bertz CT molecular complexity index is 1380. The van der Waals surface area contributed by atoms with Gasteiger partial charge in [-0.05, 0) is 37.1 Å². The molecule has 160 valence electrons. The molecule has 0 aromatic carbocycles. The molecule has 1 atom stereocenters. The first kappa shape index (κ1) is 20.4. The highest BCUT2D eigenvalue weighted by molar-refractivity contribution is 6.34. The summed E-state index contributed by atoms with van der Waals surface area (Å²) in [6, 6.07) is 7.51. The van der Waals surface area contributed by atoms with E-state index < -0.39 is 0 Å². The summed E-state index contributed by atoms with van der Waals surface area (Å²) >= 11 is 6.40. The quantitative estimate of drug-likeness (QED) is 0.514. The van der Waals surface area contributed by atoms with Crippen LogP contribution in [0.1, 0.15) is 19.0 Å². The van der Waals surface area contributed by atoms with E-state index in [1.165, 1.54) is 0 Å². The Hall–Kier alpha value is -3.54. The van der Waals surface area contributed by atoms with Crippen LogP contribution in [0.3, 0.4) is 0 Å². The number of nitrogens with zero attached hydrogens (tertiary/aromatic N) is 7. The van der Waals surface area contributed by atoms with Crippen molar-refractivity contribution >= 4 is 28.5 Å². The maximum atomic E-state index is 9.35. The zero-order valence-electron chi connectivity index (χ0n) is 17.7. The number of nitriles is 1. The summed E-state index contributed by atoms with van der Waals surface area (Å²) in [5.41, 5.74) is 11.5. The van der Waals surface area contributed by atoms with Crippen molar-refractivity contribution in [1.82, 2.24) is 24.5 Å². The molecule has 0 bridgehead atoms. The lowest BCUT2D eigenvalue weighted by Crippen LogP contribution is -2.39. The Morgan fingerprint density at radius 2 is 1.97 bits per heavy atom. The Balaban J connectivity index is 1.78. The van der Waals surface area contributed by atoms with E-state index in [2.05, 4.69) is 32.8 Å². The number of pyridine rings is 3. The van der Waals surface area contributed by atoms with Gasteiger partial charge in [-0.25, -0.2) is 15.0 Å². The molecule has 0 amide bonds. The minimum atomic E-state index is -0.301. The van der Waals surface area contributed by atoms with Gasteiger partial charge in [-0.3, -0.25) is 4.98 Å². The number of imidazole rings is 1. The van der Waals surface area contributed by atoms with E-state index in [1.807, 2.05) is 30.1 Å². The zero-order chi connectivity index (χ0) is 22.5. The van der Waals surface area contributed by atoms with E-state index in [0.717, 1.165) is 35.3 Å². The van der Waals surface area contributed by atoms with Crippen LogP contribution < -0.4 is 10.6 Å². The lowest BCUT2D eigenvalue weighted by atomic mass is 10.0. The number of halogens is 1. The first-order chi connectivity index (χ1) is 15.4. The van der Waals surface area contributed by atoms with Gasteiger partial charge < -0.3 is 15.2 Å². The van der Waals surface area contributed by atoms with Crippen molar-refractivity contribution in [2.75, 3.05) is 18.0 Å². The van der Waals surface area contributed by atoms with Crippen molar-refractivity contribution in [1.29, 1.82) is 5.26 Å². The topological polar surface area (TPSA) is 110 Å². The Labute approximate surface area is 190 Å². The van der Waals surface area contributed by atoms with E-state index in [0.29, 0.717) is 34.2 Å². The van der Waals surface area contributed by atoms with Crippen LogP contribution in [0.15, 0.2) is 43.0 Å². The molecule has 5 rings (SSSR count). The second kappa shape index (κ2) is 7.55. The highest BCUT2D eigenvalue weighted by atomic mass is 35.5. The first-order valence-corrected chi connectivity index (χ1v) is 10.6. The fraction of sp³-hybridized carbons (Fsp3) is 0.261. The molecule has 1 aliphatic rings. The van der Waals surface area contributed by atoms with Gasteiger partial charge in [0.15, 0.2) is 5.65 Å². The molecule has 4 aromatic heterocycles. The number of fused-ring (bicyclic) bond motifs is 1. The van der Waals surface area contributed by atoms with Crippen LogP contribution in [0.25, 0.3) is 33.7 Å². The summed E-state index contributed by atoms with van der Waals surface area (Å²) in [4.78, 5) is 20.2. The van der Waals surface area contributed by atoms with E-state index in [-0.39, 0.29) is 5.54 Å². The normalized spacial score (nSPS) is 18.3. The number of hydrogen-bond acceptors (Lipinski definition) is 7. The lowest BCUT2D eigenvalue weighted by Gasteiger charge is -2.26. The summed E-state index contributed by atoms with van der Waals surface area (Å²) in [5.74, 6) is 0.713. The molecule has 5 heterocycles. The molecule has 8 nitrogen and oxygen atoms in total. The van der Waals surface area contributed by atoms with E-state index >= 15 is 0 Å². The van der Waals surface area contributed by atoms with Gasteiger partial charge in [0.25, 0.3) is 0 Å². The average molecular weight is 445 g/mol. The second-order valence-corrected chi connectivity index (χ2v) is 8.82. The standard InChI is InChI=1S/C23H21ClN8/c1-23(26)5-8-32(13-23)20-16(14-3-6-28-15(9-14)10-25)11-27-12-17(20)21-30-19-18(24)4-7-29-22(19)31(21)2/h3-4,6-7,9,11-12H,5,8,13,26H2,1-2H3/t23-/m0/s1. The molecule has 4 aromatic rings. The largest absolute Gasteiger partial charge is 0.368 e. The molecular weight excluding hydrogens is 424 g/mol. The van der Waals surface area contributed by atoms with Crippen LogP contribution in [0.4, 0.5) is 5.69 Å². The van der Waals surface area contributed by atoms with Gasteiger partial charge >= 0.3 is 0 Å². The van der Waals surface area contributed by atoms with Crippen LogP contribution in [-0.4, -0.2) is 43.1 Å². The van der Waals surface area contributed by atoms with Gasteiger partial charge in [-0.15, -0.1) is 0 Å². The lowest BCUT2D eigenvalue weighted by molar-refractivity contribution is 0.525. The van der Waals surface area contributed by atoms with Gasteiger partial charge in [0.05, 0.1) is 16.3 Å². The number of hydrogen-bond donors (Lipinski definition) is 1. The van der Waals surface area contributed by atoms with E-state index in [1.54, 1.807) is 24.5 Å². The van der Waals surface area contributed by atoms with Crippen molar-refractivity contribution in [3.05, 3.63) is 53.7 Å². The third kappa shape index (κ3) is 3.36. The Morgan fingerprint density at radius 1 is 1.19 bits per heavy atom. The summed E-state index contributed by atoms with van der Waals surface area (Å²) < 4.78 is 1.93. The number of aryl methyl sites for hydroxylation is 1. The second-order valence-electron chi connectivity index (χ2n) is 8.41. The number of aromatic nitrogens is 5. The maximum Gasteiger partial charge on any atom is 0.161 e. The van der Waals surface area contributed by atoms with Crippen LogP contribution in [0, 0.1) is 11.3 Å². The van der Waals surface area contributed by atoms with E-state index in [9.17, 15) is 5.26 Å².